The van der Waals surface area contributed by atoms with E-state index in [9.17, 15) is 19.7 Å². The highest BCUT2D eigenvalue weighted by Gasteiger charge is 2.32. The van der Waals surface area contributed by atoms with Gasteiger partial charge in [-0.1, -0.05) is 12.8 Å². The molecule has 8 nitrogen and oxygen atoms in total. The van der Waals surface area contributed by atoms with Crippen molar-refractivity contribution in [3.05, 3.63) is 33.4 Å². The highest BCUT2D eigenvalue weighted by Crippen LogP contribution is 2.31. The normalized spacial score (nSPS) is 19.9. The van der Waals surface area contributed by atoms with Crippen molar-refractivity contribution in [1.29, 1.82) is 0 Å². The minimum Gasteiger partial charge on any atom is -0.465 e. The molecule has 1 aromatic rings. The van der Waals surface area contributed by atoms with Crippen molar-refractivity contribution in [2.45, 2.75) is 45.1 Å². The molecular weight excluding hydrogens is 350 g/mol. The number of anilines is 1. The van der Waals surface area contributed by atoms with E-state index in [1.807, 2.05) is 4.90 Å². The molecule has 1 unspecified atom stereocenters. The summed E-state index contributed by atoms with van der Waals surface area (Å²) in [6, 6.07) is 3.17. The number of hydrogen-bond acceptors (Lipinski definition) is 6. The molecule has 27 heavy (non-hydrogen) atoms. The van der Waals surface area contributed by atoms with Crippen molar-refractivity contribution < 1.29 is 19.2 Å². The molecule has 0 spiro atoms. The zero-order valence-electron chi connectivity index (χ0n) is 15.7. The Labute approximate surface area is 158 Å². The van der Waals surface area contributed by atoms with E-state index in [-0.39, 0.29) is 29.1 Å². The summed E-state index contributed by atoms with van der Waals surface area (Å²) >= 11 is 0. The molecule has 1 saturated heterocycles. The van der Waals surface area contributed by atoms with Gasteiger partial charge in [0.2, 0.25) is 5.91 Å². The van der Waals surface area contributed by atoms with E-state index in [1.54, 1.807) is 13.0 Å². The molecule has 1 N–H and O–H groups in total. The van der Waals surface area contributed by atoms with Crippen molar-refractivity contribution in [3.8, 4) is 0 Å². The van der Waals surface area contributed by atoms with E-state index in [0.29, 0.717) is 24.3 Å². The highest BCUT2D eigenvalue weighted by molar-refractivity contribution is 5.95. The molecule has 1 amide bonds. The van der Waals surface area contributed by atoms with Gasteiger partial charge in [0, 0.05) is 36.3 Å². The van der Waals surface area contributed by atoms with Gasteiger partial charge in [0.1, 0.15) is 5.56 Å². The van der Waals surface area contributed by atoms with Crippen LogP contribution in [0.25, 0.3) is 0 Å². The Morgan fingerprint density at radius 3 is 2.59 bits per heavy atom. The van der Waals surface area contributed by atoms with Gasteiger partial charge in [0.05, 0.1) is 12.0 Å². The van der Waals surface area contributed by atoms with Gasteiger partial charge in [0.25, 0.3) is 5.69 Å². The fraction of sp³-hybridized carbons (Fsp3) is 0.579. The number of rotatable bonds is 5. The number of esters is 1. The smallest absolute Gasteiger partial charge is 0.344 e. The minimum atomic E-state index is -0.738. The molecule has 0 bridgehead atoms. The maximum Gasteiger partial charge on any atom is 0.344 e. The monoisotopic (exact) mass is 375 g/mol. The lowest BCUT2D eigenvalue weighted by atomic mass is 10.1. The maximum atomic E-state index is 12.6. The number of hydrogen-bond donors (Lipinski definition) is 1. The number of nitrogens with zero attached hydrogens (tertiary/aromatic N) is 2. The Morgan fingerprint density at radius 1 is 1.26 bits per heavy atom. The number of ether oxygens (including phenoxy) is 1. The number of nitro benzene ring substituents is 1. The molecule has 0 radical (unpaired) electrons. The molecule has 1 atom stereocenters. The molecule has 8 heteroatoms. The van der Waals surface area contributed by atoms with Crippen LogP contribution in [0.15, 0.2) is 12.1 Å². The number of amides is 1. The molecule has 146 valence electrons. The fourth-order valence-corrected chi connectivity index (χ4v) is 4.12. The van der Waals surface area contributed by atoms with Crippen LogP contribution in [-0.4, -0.2) is 47.9 Å². The first-order valence-electron chi connectivity index (χ1n) is 9.33. The van der Waals surface area contributed by atoms with Crippen LogP contribution in [0.5, 0.6) is 0 Å². The maximum absolute atomic E-state index is 12.6. The molecule has 2 aliphatic rings. The second-order valence-corrected chi connectivity index (χ2v) is 7.33. The molecule has 1 aliphatic heterocycles. The zero-order valence-corrected chi connectivity index (χ0v) is 15.7. The van der Waals surface area contributed by atoms with Crippen molar-refractivity contribution in [1.82, 2.24) is 4.90 Å². The quantitative estimate of drug-likeness (QED) is 0.482. The Kier molecular flexibility index (Phi) is 5.62. The highest BCUT2D eigenvalue weighted by atomic mass is 16.6. The van der Waals surface area contributed by atoms with Crippen molar-refractivity contribution in [2.24, 2.45) is 5.92 Å². The molecular formula is C19H25N3O5. The van der Waals surface area contributed by atoms with Crippen molar-refractivity contribution in [2.75, 3.05) is 25.5 Å². The Hall–Kier alpha value is -2.64. The third-order valence-electron chi connectivity index (χ3n) is 5.46. The minimum absolute atomic E-state index is 0.0571. The average Bonchev–Trinajstić information content (AvgIpc) is 3.31. The summed E-state index contributed by atoms with van der Waals surface area (Å²) in [5.41, 5.74) is 0.708. The van der Waals surface area contributed by atoms with Crippen LogP contribution in [0.2, 0.25) is 0 Å². The van der Waals surface area contributed by atoms with Gasteiger partial charge in [-0.3, -0.25) is 14.9 Å². The van der Waals surface area contributed by atoms with Crippen LogP contribution in [0, 0.1) is 23.0 Å². The summed E-state index contributed by atoms with van der Waals surface area (Å²) in [6.45, 7) is 2.92. The van der Waals surface area contributed by atoms with Crippen molar-refractivity contribution >= 4 is 23.3 Å². The number of nitro groups is 1. The number of carbonyl (C=O) groups excluding carboxylic acids is 2. The average molecular weight is 375 g/mol. The van der Waals surface area contributed by atoms with Crippen molar-refractivity contribution in [3.63, 3.8) is 0 Å². The standard InChI is InChI=1S/C19H25N3O5/c1-12-9-15(10-16(19(24)27-2)17(12)22(25)26)20-14-7-8-21(11-14)18(23)13-5-3-4-6-13/h9-10,13-14,20H,3-8,11H2,1-2H3. The summed E-state index contributed by atoms with van der Waals surface area (Å²) in [4.78, 5) is 37.2. The van der Waals surface area contributed by atoms with E-state index < -0.39 is 10.9 Å². The van der Waals surface area contributed by atoms with E-state index in [1.165, 1.54) is 13.2 Å². The largest absolute Gasteiger partial charge is 0.465 e. The summed E-state index contributed by atoms with van der Waals surface area (Å²) < 4.78 is 4.69. The summed E-state index contributed by atoms with van der Waals surface area (Å²) in [6.07, 6.45) is 5.03. The Bertz CT molecular complexity index is 758. The van der Waals surface area contributed by atoms with Gasteiger partial charge in [-0.05, 0) is 38.3 Å². The van der Waals surface area contributed by atoms with Crippen LogP contribution in [-0.2, 0) is 9.53 Å². The van der Waals surface area contributed by atoms with E-state index in [4.69, 9.17) is 0 Å². The fourth-order valence-electron chi connectivity index (χ4n) is 4.12. The zero-order chi connectivity index (χ0) is 19.6. The van der Waals surface area contributed by atoms with Gasteiger partial charge in [-0.2, -0.15) is 0 Å². The first kappa shape index (κ1) is 19.1. The number of methoxy groups -OCH3 is 1. The van der Waals surface area contributed by atoms with E-state index >= 15 is 0 Å². The number of nitrogens with one attached hydrogen (secondary N) is 1. The molecule has 1 heterocycles. The van der Waals surface area contributed by atoms with Crippen LogP contribution < -0.4 is 5.32 Å². The third kappa shape index (κ3) is 4.04. The predicted molar refractivity (Wildman–Crippen MR) is 99.7 cm³/mol. The number of carbonyl (C=O) groups is 2. The summed E-state index contributed by atoms with van der Waals surface area (Å²) in [7, 11) is 1.20. The number of likely N-dealkylation sites (tertiary alicyclic amines) is 1. The molecule has 1 aromatic carbocycles. The first-order valence-corrected chi connectivity index (χ1v) is 9.33. The molecule has 3 rings (SSSR count). The topological polar surface area (TPSA) is 102 Å². The lowest BCUT2D eigenvalue weighted by molar-refractivity contribution is -0.385. The second-order valence-electron chi connectivity index (χ2n) is 7.33. The molecule has 2 fully saturated rings. The Balaban J connectivity index is 1.72. The van der Waals surface area contributed by atoms with E-state index in [0.717, 1.165) is 32.1 Å². The SMILES string of the molecule is COC(=O)c1cc(NC2CCN(C(=O)C3CCCC3)C2)cc(C)c1[N+](=O)[O-]. The van der Waals surface area contributed by atoms with Gasteiger partial charge >= 0.3 is 5.97 Å². The van der Waals surface area contributed by atoms with Gasteiger partial charge < -0.3 is 15.0 Å². The van der Waals surface area contributed by atoms with E-state index in [2.05, 4.69) is 10.1 Å². The Morgan fingerprint density at radius 2 is 1.96 bits per heavy atom. The third-order valence-corrected chi connectivity index (χ3v) is 5.46. The summed E-state index contributed by atoms with van der Waals surface area (Å²) in [5.74, 6) is -0.332. The van der Waals surface area contributed by atoms with Gasteiger partial charge in [-0.25, -0.2) is 4.79 Å². The lowest BCUT2D eigenvalue weighted by Crippen LogP contribution is -2.35. The van der Waals surface area contributed by atoms with Crippen LogP contribution >= 0.6 is 0 Å². The summed E-state index contributed by atoms with van der Waals surface area (Å²) in [5, 5.41) is 14.6. The van der Waals surface area contributed by atoms with Crippen LogP contribution in [0.3, 0.4) is 0 Å². The number of benzene rings is 1. The molecule has 1 aliphatic carbocycles. The number of aryl methyl sites for hydroxylation is 1. The second kappa shape index (κ2) is 7.94. The molecule has 0 aromatic heterocycles. The predicted octanol–water partition coefficient (Wildman–Crippen LogP) is 2.89. The van der Waals surface area contributed by atoms with Gasteiger partial charge in [-0.15, -0.1) is 0 Å². The van der Waals surface area contributed by atoms with Gasteiger partial charge in [0.15, 0.2) is 0 Å². The van der Waals surface area contributed by atoms with Crippen LogP contribution in [0.4, 0.5) is 11.4 Å². The molecule has 1 saturated carbocycles. The van der Waals surface area contributed by atoms with Crippen LogP contribution in [0.1, 0.15) is 48.0 Å². The lowest BCUT2D eigenvalue weighted by Gasteiger charge is -2.21. The first-order chi connectivity index (χ1) is 12.9.